The minimum absolute atomic E-state index is 0.0431. The summed E-state index contributed by atoms with van der Waals surface area (Å²) in [6.45, 7) is 5.40. The largest absolute Gasteiger partial charge is 0.465 e. The van der Waals surface area contributed by atoms with E-state index in [4.69, 9.17) is 4.74 Å². The van der Waals surface area contributed by atoms with Crippen LogP contribution < -0.4 is 0 Å². The van der Waals surface area contributed by atoms with E-state index >= 15 is 0 Å². The Kier molecular flexibility index (Phi) is 7.23. The number of unbranched alkanes of at least 4 members (excludes halogenated alkanes) is 3. The van der Waals surface area contributed by atoms with Crippen LogP contribution in [0.5, 0.6) is 0 Å². The van der Waals surface area contributed by atoms with Gasteiger partial charge in [0.15, 0.2) is 0 Å². The Labute approximate surface area is 99.1 Å². The number of ether oxygens (including phenoxy) is 1. The topological polar surface area (TPSA) is 29.5 Å². The number of piperidine rings is 1. The van der Waals surface area contributed by atoms with Crippen molar-refractivity contribution < 1.29 is 9.53 Å². The van der Waals surface area contributed by atoms with Gasteiger partial charge in [-0.1, -0.05) is 32.6 Å². The van der Waals surface area contributed by atoms with Crippen molar-refractivity contribution in [1.29, 1.82) is 0 Å². The van der Waals surface area contributed by atoms with Gasteiger partial charge in [-0.15, -0.1) is 0 Å². The highest BCUT2D eigenvalue weighted by Gasteiger charge is 2.14. The Bertz CT molecular complexity index is 188. The fraction of sp³-hybridized carbons (Fsp3) is 0.923. The fourth-order valence-electron chi connectivity index (χ4n) is 2.06. The quantitative estimate of drug-likeness (QED) is 0.494. The molecule has 3 nitrogen and oxygen atoms in total. The average Bonchev–Trinajstić information content (AvgIpc) is 2.30. The lowest BCUT2D eigenvalue weighted by Gasteiger charge is -2.25. The van der Waals surface area contributed by atoms with Gasteiger partial charge in [0, 0.05) is 0 Å². The first-order valence-corrected chi connectivity index (χ1v) is 6.71. The summed E-state index contributed by atoms with van der Waals surface area (Å²) >= 11 is 0. The third kappa shape index (κ3) is 6.11. The van der Waals surface area contributed by atoms with Gasteiger partial charge < -0.3 is 4.74 Å². The van der Waals surface area contributed by atoms with Crippen LogP contribution >= 0.6 is 0 Å². The van der Waals surface area contributed by atoms with Gasteiger partial charge in [0.25, 0.3) is 0 Å². The van der Waals surface area contributed by atoms with E-state index in [0.717, 1.165) is 19.5 Å². The normalized spacial score (nSPS) is 17.3. The van der Waals surface area contributed by atoms with Crippen molar-refractivity contribution in [3.8, 4) is 0 Å². The fourth-order valence-corrected chi connectivity index (χ4v) is 2.06. The summed E-state index contributed by atoms with van der Waals surface area (Å²) in [7, 11) is 0. The van der Waals surface area contributed by atoms with Crippen LogP contribution in [0.1, 0.15) is 51.9 Å². The second-order valence-electron chi connectivity index (χ2n) is 4.62. The molecule has 0 aromatic heterocycles. The molecule has 1 fully saturated rings. The van der Waals surface area contributed by atoms with Crippen molar-refractivity contribution in [2.24, 2.45) is 0 Å². The van der Waals surface area contributed by atoms with Crippen LogP contribution in [0.2, 0.25) is 0 Å². The van der Waals surface area contributed by atoms with E-state index in [9.17, 15) is 4.79 Å². The maximum Gasteiger partial charge on any atom is 0.320 e. The van der Waals surface area contributed by atoms with Gasteiger partial charge >= 0.3 is 5.97 Å². The molecule has 1 aliphatic heterocycles. The van der Waals surface area contributed by atoms with Gasteiger partial charge in [0.2, 0.25) is 0 Å². The first-order valence-electron chi connectivity index (χ1n) is 6.71. The van der Waals surface area contributed by atoms with Crippen LogP contribution in [0.25, 0.3) is 0 Å². The zero-order valence-electron chi connectivity index (χ0n) is 10.5. The number of carbonyl (C=O) groups excluding carboxylic acids is 1. The number of likely N-dealkylation sites (tertiary alicyclic amines) is 1. The van der Waals surface area contributed by atoms with Crippen LogP contribution in [-0.2, 0) is 9.53 Å². The van der Waals surface area contributed by atoms with Gasteiger partial charge in [0.1, 0.15) is 0 Å². The van der Waals surface area contributed by atoms with Crippen LogP contribution in [0.3, 0.4) is 0 Å². The molecular formula is C13H25NO2. The number of hydrogen-bond acceptors (Lipinski definition) is 3. The minimum atomic E-state index is -0.0431. The number of rotatable bonds is 7. The molecule has 0 radical (unpaired) electrons. The molecular weight excluding hydrogens is 202 g/mol. The van der Waals surface area contributed by atoms with Crippen LogP contribution in [-0.4, -0.2) is 37.1 Å². The molecule has 0 aliphatic carbocycles. The highest BCUT2D eigenvalue weighted by Crippen LogP contribution is 2.08. The number of esters is 1. The van der Waals surface area contributed by atoms with Crippen LogP contribution in [0.4, 0.5) is 0 Å². The summed E-state index contributed by atoms with van der Waals surface area (Å²) in [5.41, 5.74) is 0. The summed E-state index contributed by atoms with van der Waals surface area (Å²) in [6.07, 6.45) is 8.41. The van der Waals surface area contributed by atoms with Gasteiger partial charge in [-0.3, -0.25) is 9.69 Å². The van der Waals surface area contributed by atoms with Gasteiger partial charge in [-0.05, 0) is 32.4 Å². The molecule has 0 amide bonds. The van der Waals surface area contributed by atoms with E-state index in [0.29, 0.717) is 13.2 Å². The predicted octanol–water partition coefficient (Wildman–Crippen LogP) is 2.60. The highest BCUT2D eigenvalue weighted by atomic mass is 16.5. The number of nitrogens with zero attached hydrogens (tertiary/aromatic N) is 1. The zero-order valence-corrected chi connectivity index (χ0v) is 10.5. The molecule has 0 spiro atoms. The Morgan fingerprint density at radius 1 is 1.12 bits per heavy atom. The average molecular weight is 227 g/mol. The van der Waals surface area contributed by atoms with Gasteiger partial charge in [-0.25, -0.2) is 0 Å². The van der Waals surface area contributed by atoms with E-state index in [-0.39, 0.29) is 5.97 Å². The second kappa shape index (κ2) is 8.57. The first kappa shape index (κ1) is 13.5. The minimum Gasteiger partial charge on any atom is -0.465 e. The Morgan fingerprint density at radius 3 is 2.56 bits per heavy atom. The van der Waals surface area contributed by atoms with E-state index in [1.54, 1.807) is 0 Å². The first-order chi connectivity index (χ1) is 7.83. The van der Waals surface area contributed by atoms with E-state index in [1.165, 1.54) is 38.5 Å². The van der Waals surface area contributed by atoms with E-state index in [1.807, 2.05) is 0 Å². The summed E-state index contributed by atoms with van der Waals surface area (Å²) in [5, 5.41) is 0. The highest BCUT2D eigenvalue weighted by molar-refractivity contribution is 5.71. The third-order valence-corrected chi connectivity index (χ3v) is 3.06. The van der Waals surface area contributed by atoms with Crippen LogP contribution in [0.15, 0.2) is 0 Å². The molecule has 0 N–H and O–H groups in total. The number of carbonyl (C=O) groups is 1. The van der Waals surface area contributed by atoms with Crippen molar-refractivity contribution in [3.05, 3.63) is 0 Å². The van der Waals surface area contributed by atoms with Gasteiger partial charge in [0.05, 0.1) is 13.2 Å². The lowest BCUT2D eigenvalue weighted by Crippen LogP contribution is -2.35. The Morgan fingerprint density at radius 2 is 1.88 bits per heavy atom. The molecule has 0 unspecified atom stereocenters. The predicted molar refractivity (Wildman–Crippen MR) is 65.4 cm³/mol. The SMILES string of the molecule is CCCCCCOC(=O)CN1CCCCC1. The molecule has 1 rings (SSSR count). The van der Waals surface area contributed by atoms with Crippen molar-refractivity contribution >= 4 is 5.97 Å². The Balaban J connectivity index is 1.97. The van der Waals surface area contributed by atoms with Crippen LogP contribution in [0, 0.1) is 0 Å². The Hall–Kier alpha value is -0.570. The third-order valence-electron chi connectivity index (χ3n) is 3.06. The lowest BCUT2D eigenvalue weighted by molar-refractivity contribution is -0.145. The maximum atomic E-state index is 11.5. The number of hydrogen-bond donors (Lipinski definition) is 0. The standard InChI is InChI=1S/C13H25NO2/c1-2-3-4-8-11-16-13(15)12-14-9-6-5-7-10-14/h2-12H2,1H3. The molecule has 16 heavy (non-hydrogen) atoms. The molecule has 1 heterocycles. The molecule has 1 aliphatic rings. The monoisotopic (exact) mass is 227 g/mol. The van der Waals surface area contributed by atoms with E-state index in [2.05, 4.69) is 11.8 Å². The molecule has 3 heteroatoms. The molecule has 0 bridgehead atoms. The van der Waals surface area contributed by atoms with Crippen molar-refractivity contribution in [3.63, 3.8) is 0 Å². The molecule has 0 aromatic rings. The van der Waals surface area contributed by atoms with Gasteiger partial charge in [-0.2, -0.15) is 0 Å². The summed E-state index contributed by atoms with van der Waals surface area (Å²) in [6, 6.07) is 0. The van der Waals surface area contributed by atoms with E-state index < -0.39 is 0 Å². The molecule has 0 atom stereocenters. The molecule has 0 saturated carbocycles. The maximum absolute atomic E-state index is 11.5. The smallest absolute Gasteiger partial charge is 0.320 e. The molecule has 0 aromatic carbocycles. The second-order valence-corrected chi connectivity index (χ2v) is 4.62. The summed E-state index contributed by atoms with van der Waals surface area (Å²) in [5.74, 6) is -0.0431. The lowest BCUT2D eigenvalue weighted by atomic mass is 10.1. The zero-order chi connectivity index (χ0) is 11.6. The van der Waals surface area contributed by atoms with Crippen molar-refractivity contribution in [1.82, 2.24) is 4.90 Å². The molecule has 1 saturated heterocycles. The summed E-state index contributed by atoms with van der Waals surface area (Å²) in [4.78, 5) is 13.7. The van der Waals surface area contributed by atoms with Crippen molar-refractivity contribution in [2.75, 3.05) is 26.2 Å². The summed E-state index contributed by atoms with van der Waals surface area (Å²) < 4.78 is 5.21. The van der Waals surface area contributed by atoms with Crippen molar-refractivity contribution in [2.45, 2.75) is 51.9 Å². The molecule has 94 valence electrons.